The Hall–Kier alpha value is -1.03. The van der Waals surface area contributed by atoms with Gasteiger partial charge in [-0.05, 0) is 35.0 Å². The number of ether oxygens (including phenoxy) is 2. The second-order valence-electron chi connectivity index (χ2n) is 3.64. The van der Waals surface area contributed by atoms with Crippen LogP contribution in [0, 0.1) is 5.82 Å². The van der Waals surface area contributed by atoms with E-state index in [1.807, 2.05) is 0 Å². The fraction of sp³-hybridized carbons (Fsp3) is 0.364. The number of hydrogen-bond acceptors (Lipinski definition) is 5. The van der Waals surface area contributed by atoms with E-state index in [0.717, 1.165) is 12.1 Å². The smallest absolute Gasteiger partial charge is 0.341 e. The third kappa shape index (κ3) is 4.51. The number of primary sulfonamides is 1. The Morgan fingerprint density at radius 1 is 1.40 bits per heavy atom. The van der Waals surface area contributed by atoms with Gasteiger partial charge in [-0.3, -0.25) is 0 Å². The summed E-state index contributed by atoms with van der Waals surface area (Å²) in [6, 6.07) is 1.68. The third-order valence-corrected chi connectivity index (χ3v) is 4.08. The lowest BCUT2D eigenvalue weighted by Gasteiger charge is -2.08. The van der Waals surface area contributed by atoms with Crippen LogP contribution in [-0.4, -0.2) is 34.2 Å². The van der Waals surface area contributed by atoms with Gasteiger partial charge in [-0.15, -0.1) is 0 Å². The van der Waals surface area contributed by atoms with E-state index in [1.165, 1.54) is 0 Å². The molecule has 2 N–H and O–H groups in total. The Morgan fingerprint density at radius 3 is 2.60 bits per heavy atom. The number of hydrogen-bond donors (Lipinski definition) is 1. The molecular formula is C11H13BrFNO5S. The van der Waals surface area contributed by atoms with Crippen molar-refractivity contribution in [1.29, 1.82) is 0 Å². The Morgan fingerprint density at radius 2 is 2.05 bits per heavy atom. The van der Waals surface area contributed by atoms with E-state index >= 15 is 0 Å². The number of sulfonamides is 1. The number of carbonyl (C=O) groups excluding carboxylic acids is 1. The van der Waals surface area contributed by atoms with Crippen LogP contribution in [0.1, 0.15) is 17.3 Å². The summed E-state index contributed by atoms with van der Waals surface area (Å²) < 4.78 is 45.9. The van der Waals surface area contributed by atoms with Crippen molar-refractivity contribution >= 4 is 31.9 Å². The lowest BCUT2D eigenvalue weighted by Crippen LogP contribution is -2.16. The molecule has 0 saturated heterocycles. The van der Waals surface area contributed by atoms with Crippen molar-refractivity contribution in [1.82, 2.24) is 0 Å². The van der Waals surface area contributed by atoms with Crippen molar-refractivity contribution in [2.24, 2.45) is 5.14 Å². The quantitative estimate of drug-likeness (QED) is 0.604. The highest BCUT2D eigenvalue weighted by molar-refractivity contribution is 9.10. The molecule has 1 rings (SSSR count). The number of halogens is 2. The van der Waals surface area contributed by atoms with Gasteiger partial charge in [0, 0.05) is 11.1 Å². The highest BCUT2D eigenvalue weighted by Gasteiger charge is 2.21. The molecule has 112 valence electrons. The average molecular weight is 370 g/mol. The van der Waals surface area contributed by atoms with Gasteiger partial charge in [-0.1, -0.05) is 0 Å². The Bertz CT molecular complexity index is 605. The second kappa shape index (κ2) is 7.11. The monoisotopic (exact) mass is 369 g/mol. The number of esters is 1. The van der Waals surface area contributed by atoms with E-state index in [2.05, 4.69) is 15.9 Å². The Balaban J connectivity index is 2.98. The van der Waals surface area contributed by atoms with Crippen molar-refractivity contribution in [2.45, 2.75) is 11.8 Å². The lowest BCUT2D eigenvalue weighted by molar-refractivity contribution is 0.0330. The molecule has 0 aliphatic rings. The summed E-state index contributed by atoms with van der Waals surface area (Å²) >= 11 is 2.87. The summed E-state index contributed by atoms with van der Waals surface area (Å²) in [6.07, 6.45) is 0. The van der Waals surface area contributed by atoms with Crippen LogP contribution in [0.2, 0.25) is 0 Å². The Labute approximate surface area is 124 Å². The largest absolute Gasteiger partial charge is 0.460 e. The van der Waals surface area contributed by atoms with Crippen molar-refractivity contribution < 1.29 is 27.1 Å². The van der Waals surface area contributed by atoms with Gasteiger partial charge in [0.25, 0.3) is 0 Å². The topological polar surface area (TPSA) is 95.7 Å². The molecule has 0 amide bonds. The predicted octanol–water partition coefficient (Wildman–Crippen LogP) is 1.43. The zero-order valence-corrected chi connectivity index (χ0v) is 13.0. The van der Waals surface area contributed by atoms with E-state index in [-0.39, 0.29) is 17.7 Å². The van der Waals surface area contributed by atoms with Crippen LogP contribution in [0.5, 0.6) is 0 Å². The summed E-state index contributed by atoms with van der Waals surface area (Å²) in [5.74, 6) is -1.90. The van der Waals surface area contributed by atoms with Crippen LogP contribution in [0.3, 0.4) is 0 Å². The first-order chi connectivity index (χ1) is 9.27. The minimum Gasteiger partial charge on any atom is -0.460 e. The van der Waals surface area contributed by atoms with Crippen LogP contribution >= 0.6 is 15.9 Å². The molecule has 0 spiro atoms. The van der Waals surface area contributed by atoms with Gasteiger partial charge in [0.05, 0.1) is 17.1 Å². The standard InChI is InChI=1S/C11H13BrFNO5S/c1-2-18-3-4-19-11(15)7-5-10(20(14,16)17)8(12)6-9(7)13/h5-6H,2-4H2,1H3,(H2,14,16,17). The van der Waals surface area contributed by atoms with Gasteiger partial charge in [-0.2, -0.15) is 0 Å². The van der Waals surface area contributed by atoms with Crippen LogP contribution in [0.15, 0.2) is 21.5 Å². The highest BCUT2D eigenvalue weighted by Crippen LogP contribution is 2.25. The van der Waals surface area contributed by atoms with Gasteiger partial charge in [0.15, 0.2) is 0 Å². The van der Waals surface area contributed by atoms with Crippen LogP contribution in [0.25, 0.3) is 0 Å². The SMILES string of the molecule is CCOCCOC(=O)c1cc(S(N)(=O)=O)c(Br)cc1F. The summed E-state index contributed by atoms with van der Waals surface area (Å²) in [4.78, 5) is 11.3. The number of benzene rings is 1. The van der Waals surface area contributed by atoms with Crippen LogP contribution < -0.4 is 5.14 Å². The lowest BCUT2D eigenvalue weighted by atomic mass is 10.2. The summed E-state index contributed by atoms with van der Waals surface area (Å²) in [5, 5.41) is 4.96. The third-order valence-electron chi connectivity index (χ3n) is 2.21. The first-order valence-corrected chi connectivity index (χ1v) is 7.88. The van der Waals surface area contributed by atoms with E-state index < -0.39 is 32.3 Å². The predicted molar refractivity (Wildman–Crippen MR) is 72.2 cm³/mol. The van der Waals surface area contributed by atoms with Crippen molar-refractivity contribution in [3.63, 3.8) is 0 Å². The molecule has 0 bridgehead atoms. The Kier molecular flexibility index (Phi) is 6.06. The van der Waals surface area contributed by atoms with E-state index in [0.29, 0.717) is 6.61 Å². The fourth-order valence-corrected chi connectivity index (χ4v) is 2.92. The molecular weight excluding hydrogens is 357 g/mol. The van der Waals surface area contributed by atoms with E-state index in [4.69, 9.17) is 14.6 Å². The van der Waals surface area contributed by atoms with Gasteiger partial charge in [0.2, 0.25) is 10.0 Å². The van der Waals surface area contributed by atoms with Gasteiger partial charge in [-0.25, -0.2) is 22.7 Å². The fourth-order valence-electron chi connectivity index (χ4n) is 1.32. The molecule has 0 saturated carbocycles. The summed E-state index contributed by atoms with van der Waals surface area (Å²) in [7, 11) is -4.08. The van der Waals surface area contributed by atoms with Crippen molar-refractivity contribution in [2.75, 3.05) is 19.8 Å². The molecule has 0 aliphatic carbocycles. The van der Waals surface area contributed by atoms with E-state index in [1.54, 1.807) is 6.92 Å². The molecule has 1 aromatic carbocycles. The number of rotatable bonds is 6. The number of nitrogens with two attached hydrogens (primary N) is 1. The molecule has 6 nitrogen and oxygen atoms in total. The highest BCUT2D eigenvalue weighted by atomic mass is 79.9. The molecule has 0 aliphatic heterocycles. The molecule has 20 heavy (non-hydrogen) atoms. The van der Waals surface area contributed by atoms with E-state index in [9.17, 15) is 17.6 Å². The molecule has 1 aromatic rings. The van der Waals surface area contributed by atoms with Gasteiger partial charge >= 0.3 is 5.97 Å². The number of carbonyl (C=O) groups is 1. The van der Waals surface area contributed by atoms with Crippen LogP contribution in [0.4, 0.5) is 4.39 Å². The average Bonchev–Trinajstić information content (AvgIpc) is 2.32. The normalized spacial score (nSPS) is 11.4. The molecule has 0 heterocycles. The van der Waals surface area contributed by atoms with Gasteiger partial charge < -0.3 is 9.47 Å². The molecule has 0 unspecified atom stereocenters. The maximum absolute atomic E-state index is 13.6. The first kappa shape index (κ1) is 17.0. The molecule has 9 heteroatoms. The van der Waals surface area contributed by atoms with Crippen molar-refractivity contribution in [3.05, 3.63) is 28.0 Å². The molecule has 0 fully saturated rings. The minimum absolute atomic E-state index is 0.0626. The van der Waals surface area contributed by atoms with Crippen molar-refractivity contribution in [3.8, 4) is 0 Å². The van der Waals surface area contributed by atoms with Crippen LogP contribution in [-0.2, 0) is 19.5 Å². The second-order valence-corrected chi connectivity index (χ2v) is 6.02. The summed E-state index contributed by atoms with van der Waals surface area (Å²) in [5.41, 5.74) is -0.506. The summed E-state index contributed by atoms with van der Waals surface area (Å²) in [6.45, 7) is 2.34. The van der Waals surface area contributed by atoms with Gasteiger partial charge in [0.1, 0.15) is 12.4 Å². The zero-order valence-electron chi connectivity index (χ0n) is 10.6. The molecule has 0 atom stereocenters. The zero-order chi connectivity index (χ0) is 15.3. The first-order valence-electron chi connectivity index (χ1n) is 5.54. The maximum Gasteiger partial charge on any atom is 0.341 e. The molecule has 0 aromatic heterocycles. The maximum atomic E-state index is 13.6. The minimum atomic E-state index is -4.08. The molecule has 0 radical (unpaired) electrons.